The number of guanidine groups is 1. The van der Waals surface area contributed by atoms with Crippen molar-refractivity contribution in [1.29, 1.82) is 0 Å². The first-order chi connectivity index (χ1) is 13.3. The lowest BCUT2D eigenvalue weighted by Gasteiger charge is -2.38. The van der Waals surface area contributed by atoms with E-state index >= 15 is 0 Å². The summed E-state index contributed by atoms with van der Waals surface area (Å²) in [5, 5.41) is 7.24. The molecule has 2 fully saturated rings. The lowest BCUT2D eigenvalue weighted by Crippen LogP contribution is -2.55. The summed E-state index contributed by atoms with van der Waals surface area (Å²) >= 11 is 0. The molecule has 0 atom stereocenters. The first-order valence-corrected chi connectivity index (χ1v) is 11.8. The standard InChI is InChI=1S/C19H33N5O3S/c1-19(2,16-6-4-5-7-16)15-21-18(20-3)23-9-11-24(12-10-23)28(25,26)14-17-8-13-27-22-17/h8,13,16H,4-7,9-12,14-15H2,1-3H3,(H,20,21). The normalized spacial score (nSPS) is 20.7. The summed E-state index contributed by atoms with van der Waals surface area (Å²) in [6.45, 7) is 7.70. The highest BCUT2D eigenvalue weighted by Gasteiger charge is 2.33. The van der Waals surface area contributed by atoms with Crippen LogP contribution < -0.4 is 5.32 Å². The van der Waals surface area contributed by atoms with Crippen LogP contribution in [0, 0.1) is 11.3 Å². The zero-order valence-corrected chi connectivity index (χ0v) is 18.0. The molecule has 0 bridgehead atoms. The van der Waals surface area contributed by atoms with E-state index in [0.29, 0.717) is 31.9 Å². The smallest absolute Gasteiger partial charge is 0.220 e. The Hall–Kier alpha value is -1.61. The molecule has 8 nitrogen and oxygen atoms in total. The number of sulfonamides is 1. The molecule has 0 unspecified atom stereocenters. The Labute approximate surface area is 168 Å². The van der Waals surface area contributed by atoms with Crippen molar-refractivity contribution in [2.75, 3.05) is 39.8 Å². The van der Waals surface area contributed by atoms with Gasteiger partial charge in [-0.3, -0.25) is 4.99 Å². The second kappa shape index (κ2) is 8.82. The molecule has 1 saturated heterocycles. The Morgan fingerprint density at radius 2 is 1.96 bits per heavy atom. The zero-order chi connectivity index (χ0) is 20.2. The molecule has 1 aliphatic heterocycles. The highest BCUT2D eigenvalue weighted by Crippen LogP contribution is 2.39. The van der Waals surface area contributed by atoms with Crippen LogP contribution in [-0.4, -0.2) is 68.5 Å². The van der Waals surface area contributed by atoms with Gasteiger partial charge in [0.25, 0.3) is 0 Å². The van der Waals surface area contributed by atoms with Crippen LogP contribution in [0.5, 0.6) is 0 Å². The van der Waals surface area contributed by atoms with Gasteiger partial charge in [-0.2, -0.15) is 4.31 Å². The summed E-state index contributed by atoms with van der Waals surface area (Å²) in [4.78, 5) is 6.58. The molecule has 0 spiro atoms. The minimum atomic E-state index is -3.38. The molecule has 2 aliphatic rings. The number of nitrogens with zero attached hydrogens (tertiary/aromatic N) is 4. The molecule has 28 heavy (non-hydrogen) atoms. The number of rotatable bonds is 6. The Kier molecular flexibility index (Phi) is 6.65. The van der Waals surface area contributed by atoms with Crippen molar-refractivity contribution >= 4 is 16.0 Å². The molecular weight excluding hydrogens is 378 g/mol. The van der Waals surface area contributed by atoms with Crippen LogP contribution in [0.25, 0.3) is 0 Å². The van der Waals surface area contributed by atoms with Crippen LogP contribution in [0.4, 0.5) is 0 Å². The minimum absolute atomic E-state index is 0.119. The molecule has 1 saturated carbocycles. The van der Waals surface area contributed by atoms with Gasteiger partial charge in [-0.15, -0.1) is 0 Å². The summed E-state index contributed by atoms with van der Waals surface area (Å²) in [7, 11) is -1.59. The molecule has 1 aromatic rings. The van der Waals surface area contributed by atoms with E-state index in [4.69, 9.17) is 4.52 Å². The molecule has 1 aromatic heterocycles. The van der Waals surface area contributed by atoms with E-state index in [1.54, 1.807) is 13.1 Å². The lowest BCUT2D eigenvalue weighted by atomic mass is 9.78. The molecule has 2 heterocycles. The number of piperazine rings is 1. The van der Waals surface area contributed by atoms with E-state index in [-0.39, 0.29) is 11.2 Å². The Morgan fingerprint density at radius 1 is 1.29 bits per heavy atom. The van der Waals surface area contributed by atoms with E-state index in [1.807, 2.05) is 0 Å². The average Bonchev–Trinajstić information content (AvgIpc) is 3.36. The van der Waals surface area contributed by atoms with Gasteiger partial charge in [0.2, 0.25) is 10.0 Å². The van der Waals surface area contributed by atoms with Crippen molar-refractivity contribution < 1.29 is 12.9 Å². The Balaban J connectivity index is 1.51. The molecular formula is C19H33N5O3S. The third kappa shape index (κ3) is 5.05. The molecule has 1 aliphatic carbocycles. The topological polar surface area (TPSA) is 91.0 Å². The predicted octanol–water partition coefficient (Wildman–Crippen LogP) is 1.91. The van der Waals surface area contributed by atoms with Gasteiger partial charge in [0.1, 0.15) is 12.0 Å². The monoisotopic (exact) mass is 411 g/mol. The van der Waals surface area contributed by atoms with Crippen molar-refractivity contribution in [2.45, 2.75) is 45.3 Å². The van der Waals surface area contributed by atoms with Gasteiger partial charge in [-0.25, -0.2) is 8.42 Å². The maximum atomic E-state index is 12.6. The van der Waals surface area contributed by atoms with Crippen LogP contribution in [0.2, 0.25) is 0 Å². The number of hydrogen-bond donors (Lipinski definition) is 1. The first kappa shape index (κ1) is 21.1. The van der Waals surface area contributed by atoms with Crippen molar-refractivity contribution in [2.24, 2.45) is 16.3 Å². The number of aliphatic imine (C=N–C) groups is 1. The summed E-state index contributed by atoms with van der Waals surface area (Å²) in [6.07, 6.45) is 6.71. The van der Waals surface area contributed by atoms with Gasteiger partial charge in [0.05, 0.1) is 5.69 Å². The fraction of sp³-hybridized carbons (Fsp3) is 0.789. The predicted molar refractivity (Wildman–Crippen MR) is 109 cm³/mol. The second-order valence-corrected chi connectivity index (χ2v) is 10.5. The third-order valence-electron chi connectivity index (χ3n) is 6.13. The van der Waals surface area contributed by atoms with Crippen LogP contribution >= 0.6 is 0 Å². The highest BCUT2D eigenvalue weighted by atomic mass is 32.2. The molecule has 158 valence electrons. The fourth-order valence-corrected chi connectivity index (χ4v) is 5.68. The van der Waals surface area contributed by atoms with Crippen molar-refractivity contribution in [3.8, 4) is 0 Å². The quantitative estimate of drug-likeness (QED) is 0.568. The number of hydrogen-bond acceptors (Lipinski definition) is 5. The SMILES string of the molecule is CN=C(NCC(C)(C)C1CCCC1)N1CCN(S(=O)(=O)Cc2ccon2)CC1. The molecule has 0 aromatic carbocycles. The van der Waals surface area contributed by atoms with Gasteiger partial charge in [-0.1, -0.05) is 31.8 Å². The van der Waals surface area contributed by atoms with Gasteiger partial charge in [-0.05, 0) is 24.2 Å². The molecule has 0 amide bonds. The van der Waals surface area contributed by atoms with Crippen LogP contribution in [0.1, 0.15) is 45.2 Å². The van der Waals surface area contributed by atoms with E-state index in [0.717, 1.165) is 18.4 Å². The molecule has 1 N–H and O–H groups in total. The molecule has 0 radical (unpaired) electrons. The van der Waals surface area contributed by atoms with E-state index in [9.17, 15) is 8.42 Å². The Morgan fingerprint density at radius 3 is 2.54 bits per heavy atom. The van der Waals surface area contributed by atoms with E-state index in [1.165, 1.54) is 36.3 Å². The average molecular weight is 412 g/mol. The lowest BCUT2D eigenvalue weighted by molar-refractivity contribution is 0.210. The molecule has 3 rings (SSSR count). The van der Waals surface area contributed by atoms with E-state index in [2.05, 4.69) is 34.2 Å². The van der Waals surface area contributed by atoms with Crippen LogP contribution in [0.15, 0.2) is 21.8 Å². The zero-order valence-electron chi connectivity index (χ0n) is 17.2. The van der Waals surface area contributed by atoms with Crippen LogP contribution in [-0.2, 0) is 15.8 Å². The van der Waals surface area contributed by atoms with Gasteiger partial charge in [0, 0.05) is 45.8 Å². The van der Waals surface area contributed by atoms with E-state index < -0.39 is 10.0 Å². The minimum Gasteiger partial charge on any atom is -0.364 e. The maximum Gasteiger partial charge on any atom is 0.220 e. The number of nitrogens with one attached hydrogen (secondary N) is 1. The maximum absolute atomic E-state index is 12.6. The summed E-state index contributed by atoms with van der Waals surface area (Å²) in [5.41, 5.74) is 0.670. The van der Waals surface area contributed by atoms with Crippen molar-refractivity contribution in [3.63, 3.8) is 0 Å². The summed E-state index contributed by atoms with van der Waals surface area (Å²) in [6, 6.07) is 1.59. The molecule has 9 heteroatoms. The fourth-order valence-electron chi connectivity index (χ4n) is 4.26. The third-order valence-corrected chi connectivity index (χ3v) is 7.94. The Bertz CT molecular complexity index is 747. The second-order valence-electron chi connectivity index (χ2n) is 8.50. The van der Waals surface area contributed by atoms with Crippen molar-refractivity contribution in [3.05, 3.63) is 18.0 Å². The van der Waals surface area contributed by atoms with Crippen molar-refractivity contribution in [1.82, 2.24) is 19.7 Å². The van der Waals surface area contributed by atoms with Crippen LogP contribution in [0.3, 0.4) is 0 Å². The van der Waals surface area contributed by atoms with Gasteiger partial charge >= 0.3 is 0 Å². The van der Waals surface area contributed by atoms with Gasteiger partial charge in [0.15, 0.2) is 5.96 Å². The van der Waals surface area contributed by atoms with Gasteiger partial charge < -0.3 is 14.7 Å². The summed E-state index contributed by atoms with van der Waals surface area (Å²) < 4.78 is 31.4. The summed E-state index contributed by atoms with van der Waals surface area (Å²) in [5.74, 6) is 1.50. The number of aromatic nitrogens is 1. The largest absolute Gasteiger partial charge is 0.364 e. The first-order valence-electron chi connectivity index (χ1n) is 10.1. The highest BCUT2D eigenvalue weighted by molar-refractivity contribution is 7.88.